The molecule has 0 aliphatic carbocycles. The summed E-state index contributed by atoms with van der Waals surface area (Å²) in [5.74, 6) is 0.230. The Balaban J connectivity index is 2.06. The minimum atomic E-state index is -5.04. The van der Waals surface area contributed by atoms with Gasteiger partial charge in [0.05, 0.1) is 12.4 Å². The Bertz CT molecular complexity index is 428. The Morgan fingerprint density at radius 3 is 2.58 bits per heavy atom. The van der Waals surface area contributed by atoms with E-state index in [0.29, 0.717) is 25.4 Å². The van der Waals surface area contributed by atoms with Gasteiger partial charge >= 0.3 is 6.98 Å². The quantitative estimate of drug-likeness (QED) is 0.785. The molecule has 1 aliphatic rings. The molecule has 0 atom stereocenters. The number of hydrogen-bond donors (Lipinski definition) is 0. The van der Waals surface area contributed by atoms with Crippen LogP contribution in [0.15, 0.2) is 18.2 Å². The zero-order valence-corrected chi connectivity index (χ0v) is 10.9. The second kappa shape index (κ2) is 5.86. The zero-order valence-electron chi connectivity index (χ0n) is 10.9. The van der Waals surface area contributed by atoms with Crippen LogP contribution >= 0.6 is 0 Å². The first-order valence-electron chi connectivity index (χ1n) is 6.48. The van der Waals surface area contributed by atoms with Crippen molar-refractivity contribution in [1.29, 1.82) is 0 Å². The Hall–Kier alpha value is -1.17. The van der Waals surface area contributed by atoms with Gasteiger partial charge in [0.15, 0.2) is 0 Å². The summed E-state index contributed by atoms with van der Waals surface area (Å²) in [4.78, 5) is 0. The smallest absolute Gasteiger partial charge is 0.496 e. The SMILES string of the molecule is Cc1ccc(OCC2CCOCC2)c([B-](F)(F)F)c1. The molecule has 0 radical (unpaired) electrons. The highest BCUT2D eigenvalue weighted by molar-refractivity contribution is 6.74. The Morgan fingerprint density at radius 2 is 1.95 bits per heavy atom. The number of benzene rings is 1. The van der Waals surface area contributed by atoms with Crippen molar-refractivity contribution in [2.75, 3.05) is 19.8 Å². The van der Waals surface area contributed by atoms with Crippen molar-refractivity contribution < 1.29 is 22.4 Å². The fraction of sp³-hybridized carbons (Fsp3) is 0.538. The molecule has 2 rings (SSSR count). The van der Waals surface area contributed by atoms with E-state index in [4.69, 9.17) is 9.47 Å². The van der Waals surface area contributed by atoms with Gasteiger partial charge in [-0.1, -0.05) is 23.2 Å². The van der Waals surface area contributed by atoms with Gasteiger partial charge in [-0.05, 0) is 31.7 Å². The number of aryl methyl sites for hydroxylation is 1. The van der Waals surface area contributed by atoms with Gasteiger partial charge in [-0.15, -0.1) is 0 Å². The van der Waals surface area contributed by atoms with Crippen molar-refractivity contribution in [3.05, 3.63) is 23.8 Å². The first kappa shape index (κ1) is 14.2. The maximum absolute atomic E-state index is 13.0. The van der Waals surface area contributed by atoms with Crippen molar-refractivity contribution in [2.45, 2.75) is 19.8 Å². The van der Waals surface area contributed by atoms with E-state index in [1.807, 2.05) is 0 Å². The van der Waals surface area contributed by atoms with Gasteiger partial charge in [0.25, 0.3) is 0 Å². The molecular formula is C13H17BF3O2-. The summed E-state index contributed by atoms with van der Waals surface area (Å²) in [7, 11) is 0. The summed E-state index contributed by atoms with van der Waals surface area (Å²) in [5.41, 5.74) is -0.0420. The summed E-state index contributed by atoms with van der Waals surface area (Å²) in [6.45, 7) is -1.74. The molecule has 0 amide bonds. The van der Waals surface area contributed by atoms with E-state index in [0.717, 1.165) is 18.9 Å². The Morgan fingerprint density at radius 1 is 1.26 bits per heavy atom. The van der Waals surface area contributed by atoms with Gasteiger partial charge in [-0.3, -0.25) is 0 Å². The van der Waals surface area contributed by atoms with Crippen molar-refractivity contribution in [2.24, 2.45) is 5.92 Å². The van der Waals surface area contributed by atoms with Gasteiger partial charge in [0, 0.05) is 13.2 Å². The third-order valence-electron chi connectivity index (χ3n) is 3.33. The first-order chi connectivity index (χ1) is 8.97. The van der Waals surface area contributed by atoms with E-state index >= 15 is 0 Å². The molecule has 1 heterocycles. The predicted molar refractivity (Wildman–Crippen MR) is 68.9 cm³/mol. The summed E-state index contributed by atoms with van der Waals surface area (Å²) in [6, 6.07) is 4.21. The van der Waals surface area contributed by atoms with Crippen molar-refractivity contribution in [3.63, 3.8) is 0 Å². The highest BCUT2D eigenvalue weighted by atomic mass is 19.4. The fourth-order valence-electron chi connectivity index (χ4n) is 2.18. The Kier molecular flexibility index (Phi) is 4.40. The van der Waals surface area contributed by atoms with Crippen LogP contribution < -0.4 is 10.2 Å². The van der Waals surface area contributed by atoms with E-state index in [1.165, 1.54) is 6.07 Å². The van der Waals surface area contributed by atoms with Crippen LogP contribution in [0.5, 0.6) is 5.75 Å². The maximum atomic E-state index is 13.0. The van der Waals surface area contributed by atoms with Gasteiger partial charge < -0.3 is 22.4 Å². The van der Waals surface area contributed by atoms with Crippen LogP contribution in [0.4, 0.5) is 12.9 Å². The molecule has 0 aromatic heterocycles. The molecule has 1 fully saturated rings. The van der Waals surface area contributed by atoms with E-state index in [-0.39, 0.29) is 11.7 Å². The lowest BCUT2D eigenvalue weighted by atomic mass is 9.78. The summed E-state index contributed by atoms with van der Waals surface area (Å²) >= 11 is 0. The average molecular weight is 273 g/mol. The zero-order chi connectivity index (χ0) is 13.9. The molecule has 106 valence electrons. The molecule has 1 aromatic rings. The minimum Gasteiger partial charge on any atom is -0.496 e. The molecule has 0 spiro atoms. The lowest BCUT2D eigenvalue weighted by Gasteiger charge is -2.25. The van der Waals surface area contributed by atoms with Crippen molar-refractivity contribution in [3.8, 4) is 5.75 Å². The molecule has 2 nitrogen and oxygen atoms in total. The van der Waals surface area contributed by atoms with Crippen LogP contribution in [0, 0.1) is 12.8 Å². The van der Waals surface area contributed by atoms with Crippen LogP contribution in [-0.2, 0) is 4.74 Å². The van der Waals surface area contributed by atoms with Crippen molar-refractivity contribution >= 4 is 12.4 Å². The topological polar surface area (TPSA) is 18.5 Å². The third kappa shape index (κ3) is 3.90. The summed E-state index contributed by atoms with van der Waals surface area (Å²) in [6.07, 6.45) is 1.69. The standard InChI is InChI=1S/C13H17BF3O2/c1-10-2-3-13(12(8-10)14(15,16)17)19-9-11-4-6-18-7-5-11/h2-3,8,11H,4-7,9H2,1H3/q-1. The number of halogens is 3. The molecule has 6 heteroatoms. The van der Waals surface area contributed by atoms with E-state index in [1.54, 1.807) is 13.0 Å². The summed E-state index contributed by atoms with van der Waals surface area (Å²) < 4.78 is 49.5. The fourth-order valence-corrected chi connectivity index (χ4v) is 2.18. The van der Waals surface area contributed by atoms with Crippen LogP contribution in [-0.4, -0.2) is 26.8 Å². The predicted octanol–water partition coefficient (Wildman–Crippen LogP) is 2.85. The molecule has 0 saturated carbocycles. The largest absolute Gasteiger partial charge is 0.513 e. The number of hydrogen-bond acceptors (Lipinski definition) is 2. The number of ether oxygens (including phenoxy) is 2. The van der Waals surface area contributed by atoms with Gasteiger partial charge in [0.2, 0.25) is 0 Å². The Labute approximate surface area is 111 Å². The molecule has 1 saturated heterocycles. The average Bonchev–Trinajstić information content (AvgIpc) is 2.37. The molecular weight excluding hydrogens is 256 g/mol. The lowest BCUT2D eigenvalue weighted by Crippen LogP contribution is -2.36. The van der Waals surface area contributed by atoms with Crippen molar-refractivity contribution in [1.82, 2.24) is 0 Å². The van der Waals surface area contributed by atoms with Gasteiger partial charge in [0.1, 0.15) is 0 Å². The molecule has 0 N–H and O–H groups in total. The second-order valence-corrected chi connectivity index (χ2v) is 4.98. The van der Waals surface area contributed by atoms with Crippen LogP contribution in [0.1, 0.15) is 18.4 Å². The normalized spacial score (nSPS) is 17.5. The molecule has 1 aromatic carbocycles. The van der Waals surface area contributed by atoms with Crippen LogP contribution in [0.3, 0.4) is 0 Å². The summed E-state index contributed by atoms with van der Waals surface area (Å²) in [5, 5.41) is 0. The highest BCUT2D eigenvalue weighted by Gasteiger charge is 2.29. The van der Waals surface area contributed by atoms with E-state index in [2.05, 4.69) is 0 Å². The molecule has 0 unspecified atom stereocenters. The van der Waals surface area contributed by atoms with Gasteiger partial charge in [-0.25, -0.2) is 0 Å². The van der Waals surface area contributed by atoms with Crippen LogP contribution in [0.2, 0.25) is 0 Å². The van der Waals surface area contributed by atoms with E-state index in [9.17, 15) is 12.9 Å². The molecule has 19 heavy (non-hydrogen) atoms. The second-order valence-electron chi connectivity index (χ2n) is 4.98. The molecule has 0 bridgehead atoms. The minimum absolute atomic E-state index is 0.0513. The third-order valence-corrected chi connectivity index (χ3v) is 3.33. The first-order valence-corrected chi connectivity index (χ1v) is 6.48. The van der Waals surface area contributed by atoms with E-state index < -0.39 is 12.4 Å². The maximum Gasteiger partial charge on any atom is 0.513 e. The van der Waals surface area contributed by atoms with Crippen LogP contribution in [0.25, 0.3) is 0 Å². The monoisotopic (exact) mass is 273 g/mol. The lowest BCUT2D eigenvalue weighted by molar-refractivity contribution is 0.0498. The molecule has 1 aliphatic heterocycles. The van der Waals surface area contributed by atoms with Gasteiger partial charge in [-0.2, -0.15) is 0 Å². The highest BCUT2D eigenvalue weighted by Crippen LogP contribution is 2.21. The number of rotatable bonds is 4.